The summed E-state index contributed by atoms with van der Waals surface area (Å²) in [7, 11) is 1.58. The highest BCUT2D eigenvalue weighted by Crippen LogP contribution is 2.29. The third-order valence-electron chi connectivity index (χ3n) is 1.88. The molecule has 72 valence electrons. The summed E-state index contributed by atoms with van der Waals surface area (Å²) in [4.78, 5) is 0.122. The van der Waals surface area contributed by atoms with Crippen LogP contribution in [-0.2, 0) is 9.05 Å². The third-order valence-corrected chi connectivity index (χ3v) is 4.53. The summed E-state index contributed by atoms with van der Waals surface area (Å²) in [6.07, 6.45) is 0. The van der Waals surface area contributed by atoms with Crippen molar-refractivity contribution in [1.82, 2.24) is 0 Å². The Morgan fingerprint density at radius 2 is 1.85 bits per heavy atom. The second-order valence-electron chi connectivity index (χ2n) is 2.76. The summed E-state index contributed by atoms with van der Waals surface area (Å²) in [6, 6.07) is 3.23. The Morgan fingerprint density at radius 3 is 2.31 bits per heavy atom. The maximum atomic E-state index is 11.1. The van der Waals surface area contributed by atoms with Gasteiger partial charge in [0, 0.05) is 15.2 Å². The Labute approximate surface area is 90.5 Å². The van der Waals surface area contributed by atoms with Crippen molar-refractivity contribution in [2.45, 2.75) is 18.7 Å². The first-order valence-electron chi connectivity index (χ1n) is 3.54. The van der Waals surface area contributed by atoms with Crippen molar-refractivity contribution in [1.29, 1.82) is 0 Å². The van der Waals surface area contributed by atoms with Gasteiger partial charge in [0.1, 0.15) is 0 Å². The van der Waals surface area contributed by atoms with Gasteiger partial charge in [-0.3, -0.25) is 0 Å². The highest BCUT2D eigenvalue weighted by atomic mass is 79.9. The number of rotatable bonds is 1. The fourth-order valence-corrected chi connectivity index (χ4v) is 3.29. The van der Waals surface area contributed by atoms with Crippen LogP contribution in [0.1, 0.15) is 11.1 Å². The molecular formula is C8H8BrClO2S. The lowest BCUT2D eigenvalue weighted by Crippen LogP contribution is -1.95. The molecule has 0 saturated heterocycles. The van der Waals surface area contributed by atoms with Gasteiger partial charge in [0.25, 0.3) is 9.05 Å². The van der Waals surface area contributed by atoms with Crippen LogP contribution in [-0.4, -0.2) is 8.42 Å². The molecule has 1 aromatic carbocycles. The number of halogens is 2. The average Bonchev–Trinajstić information content (AvgIpc) is 1.98. The van der Waals surface area contributed by atoms with Crippen LogP contribution in [0.2, 0.25) is 0 Å². The van der Waals surface area contributed by atoms with Crippen LogP contribution >= 0.6 is 26.6 Å². The van der Waals surface area contributed by atoms with E-state index >= 15 is 0 Å². The fraction of sp³-hybridized carbons (Fsp3) is 0.250. The van der Waals surface area contributed by atoms with Gasteiger partial charge in [0.2, 0.25) is 0 Å². The predicted octanol–water partition coefficient (Wildman–Crippen LogP) is 2.99. The minimum absolute atomic E-state index is 0.122. The first-order chi connectivity index (χ1) is 5.84. The molecule has 0 aliphatic carbocycles. The number of benzene rings is 1. The van der Waals surface area contributed by atoms with Crippen molar-refractivity contribution in [2.75, 3.05) is 0 Å². The van der Waals surface area contributed by atoms with Crippen LogP contribution in [0.4, 0.5) is 0 Å². The molecule has 5 heteroatoms. The van der Waals surface area contributed by atoms with Crippen molar-refractivity contribution >= 4 is 35.7 Å². The number of hydrogen-bond acceptors (Lipinski definition) is 2. The quantitative estimate of drug-likeness (QED) is 0.743. The third kappa shape index (κ3) is 2.24. The van der Waals surface area contributed by atoms with Gasteiger partial charge in [-0.05, 0) is 47.0 Å². The summed E-state index contributed by atoms with van der Waals surface area (Å²) >= 11 is 3.20. The van der Waals surface area contributed by atoms with E-state index in [2.05, 4.69) is 15.9 Å². The summed E-state index contributed by atoms with van der Waals surface area (Å²) in [6.45, 7) is 3.75. The molecule has 0 N–H and O–H groups in total. The Morgan fingerprint density at radius 1 is 1.31 bits per heavy atom. The van der Waals surface area contributed by atoms with Crippen molar-refractivity contribution in [3.05, 3.63) is 27.7 Å². The lowest BCUT2D eigenvalue weighted by molar-refractivity contribution is 0.609. The summed E-state index contributed by atoms with van der Waals surface area (Å²) in [5.41, 5.74) is 1.91. The Kier molecular flexibility index (Phi) is 3.05. The smallest absolute Gasteiger partial charge is 0.207 e. The molecule has 1 rings (SSSR count). The molecule has 0 aromatic heterocycles. The number of aryl methyl sites for hydroxylation is 1. The van der Waals surface area contributed by atoms with Crippen molar-refractivity contribution in [3.8, 4) is 0 Å². The Balaban J connectivity index is 3.53. The highest BCUT2D eigenvalue weighted by molar-refractivity contribution is 9.10. The van der Waals surface area contributed by atoms with Crippen LogP contribution in [0.25, 0.3) is 0 Å². The van der Waals surface area contributed by atoms with E-state index in [1.807, 2.05) is 13.8 Å². The van der Waals surface area contributed by atoms with Gasteiger partial charge < -0.3 is 0 Å². The summed E-state index contributed by atoms with van der Waals surface area (Å²) in [5, 5.41) is 0. The summed E-state index contributed by atoms with van der Waals surface area (Å²) in [5.74, 6) is 0. The zero-order chi connectivity index (χ0) is 10.2. The van der Waals surface area contributed by atoms with E-state index < -0.39 is 9.05 Å². The van der Waals surface area contributed by atoms with Crippen LogP contribution < -0.4 is 0 Å². The molecule has 0 saturated carbocycles. The van der Waals surface area contributed by atoms with E-state index in [1.165, 1.54) is 6.07 Å². The summed E-state index contributed by atoms with van der Waals surface area (Å²) < 4.78 is 22.6. The number of hydrogen-bond donors (Lipinski definition) is 0. The van der Waals surface area contributed by atoms with Crippen molar-refractivity contribution < 1.29 is 8.42 Å². The largest absolute Gasteiger partial charge is 0.262 e. The molecule has 0 bridgehead atoms. The van der Waals surface area contributed by atoms with E-state index in [9.17, 15) is 8.42 Å². The first kappa shape index (κ1) is 11.0. The molecule has 0 aliphatic heterocycles. The highest BCUT2D eigenvalue weighted by Gasteiger charge is 2.16. The van der Waals surface area contributed by atoms with Gasteiger partial charge in [-0.2, -0.15) is 0 Å². The van der Waals surface area contributed by atoms with E-state index in [4.69, 9.17) is 10.7 Å². The molecule has 0 spiro atoms. The van der Waals surface area contributed by atoms with Gasteiger partial charge >= 0.3 is 0 Å². The molecule has 13 heavy (non-hydrogen) atoms. The molecule has 2 nitrogen and oxygen atoms in total. The molecule has 0 atom stereocenters. The molecular weight excluding hydrogens is 276 g/mol. The van der Waals surface area contributed by atoms with Crippen molar-refractivity contribution in [2.24, 2.45) is 0 Å². The van der Waals surface area contributed by atoms with E-state index in [1.54, 1.807) is 6.07 Å². The minimum Gasteiger partial charge on any atom is -0.207 e. The molecule has 0 heterocycles. The van der Waals surface area contributed by atoms with Crippen molar-refractivity contribution in [3.63, 3.8) is 0 Å². The van der Waals surface area contributed by atoms with Crippen LogP contribution in [0.15, 0.2) is 21.5 Å². The lowest BCUT2D eigenvalue weighted by atomic mass is 10.1. The van der Waals surface area contributed by atoms with Gasteiger partial charge in [0.15, 0.2) is 0 Å². The maximum absolute atomic E-state index is 11.1. The van der Waals surface area contributed by atoms with Gasteiger partial charge in [-0.15, -0.1) is 0 Å². The monoisotopic (exact) mass is 282 g/mol. The second-order valence-corrected chi connectivity index (χ2v) is 6.08. The van der Waals surface area contributed by atoms with E-state index in [-0.39, 0.29) is 4.90 Å². The zero-order valence-corrected chi connectivity index (χ0v) is 10.3. The lowest BCUT2D eigenvalue weighted by Gasteiger charge is -2.06. The topological polar surface area (TPSA) is 34.1 Å². The average molecular weight is 284 g/mol. The minimum atomic E-state index is -3.65. The molecule has 0 fully saturated rings. The first-order valence-corrected chi connectivity index (χ1v) is 6.64. The van der Waals surface area contributed by atoms with E-state index in [0.717, 1.165) is 11.1 Å². The van der Waals surface area contributed by atoms with Gasteiger partial charge in [0.05, 0.1) is 4.90 Å². The van der Waals surface area contributed by atoms with Gasteiger partial charge in [-0.1, -0.05) is 6.07 Å². The normalized spacial score (nSPS) is 11.7. The fourth-order valence-electron chi connectivity index (χ4n) is 0.945. The molecule has 1 aromatic rings. The standard InChI is InChI=1S/C8H8BrClO2S/c1-5-3-4-7(13(10,11)12)8(9)6(5)2/h3-4H,1-2H3. The van der Waals surface area contributed by atoms with Gasteiger partial charge in [-0.25, -0.2) is 8.42 Å². The van der Waals surface area contributed by atoms with Crippen LogP contribution in [0, 0.1) is 13.8 Å². The second kappa shape index (κ2) is 3.59. The van der Waals surface area contributed by atoms with Crippen LogP contribution in [0.5, 0.6) is 0 Å². The Hall–Kier alpha value is -0.0600. The predicted molar refractivity (Wildman–Crippen MR) is 56.7 cm³/mol. The zero-order valence-electron chi connectivity index (χ0n) is 7.14. The molecule has 0 unspecified atom stereocenters. The molecule has 0 radical (unpaired) electrons. The van der Waals surface area contributed by atoms with E-state index in [0.29, 0.717) is 4.47 Å². The SMILES string of the molecule is Cc1ccc(S(=O)(=O)Cl)c(Br)c1C. The molecule has 0 amide bonds. The molecule has 0 aliphatic rings. The Bertz CT molecular complexity index is 440. The van der Waals surface area contributed by atoms with Crippen LogP contribution in [0.3, 0.4) is 0 Å². The maximum Gasteiger partial charge on any atom is 0.262 e.